The number of aliphatic hydroxyl groups is 1. The van der Waals surface area contributed by atoms with Crippen LogP contribution in [0, 0.1) is 11.3 Å². The molecule has 0 spiro atoms. The lowest BCUT2D eigenvalue weighted by Crippen LogP contribution is -2.87. The fraction of sp³-hybridized carbons (Fsp3) is 0.458. The number of aromatic nitrogens is 1. The van der Waals surface area contributed by atoms with Gasteiger partial charge in [-0.05, 0) is 24.8 Å². The Morgan fingerprint density at radius 1 is 1.13 bits per heavy atom. The van der Waals surface area contributed by atoms with Crippen molar-refractivity contribution in [2.75, 3.05) is 50.8 Å². The maximum absolute atomic E-state index is 12.5. The monoisotopic (exact) mass is 421 g/mol. The number of H-pyrrole nitrogens is 1. The zero-order valence-electron chi connectivity index (χ0n) is 17.9. The molecule has 2 aliphatic rings. The number of fused-ring (bicyclic) bond motifs is 1. The Kier molecular flexibility index (Phi) is 6.80. The predicted molar refractivity (Wildman–Crippen MR) is 117 cm³/mol. The third-order valence-corrected chi connectivity index (χ3v) is 6.31. The minimum atomic E-state index is 0.140. The SMILES string of the molecule is N#Cc1c(N2CCN(C(=O)C[NH2+]CCCO)CC2)[nH+]c(-c2ccccc2)c2c1CCC2. The number of pyridine rings is 1. The first-order valence-corrected chi connectivity index (χ1v) is 11.2. The molecule has 4 rings (SSSR count). The second-order valence-electron chi connectivity index (χ2n) is 8.24. The minimum absolute atomic E-state index is 0.140. The van der Waals surface area contributed by atoms with Gasteiger partial charge in [0.25, 0.3) is 11.7 Å². The van der Waals surface area contributed by atoms with Gasteiger partial charge in [0, 0.05) is 24.2 Å². The molecule has 7 nitrogen and oxygen atoms in total. The van der Waals surface area contributed by atoms with Gasteiger partial charge in [-0.25, -0.2) is 4.98 Å². The van der Waals surface area contributed by atoms with E-state index in [1.54, 1.807) is 0 Å². The number of anilines is 1. The number of piperazine rings is 1. The first-order chi connectivity index (χ1) is 15.2. The van der Waals surface area contributed by atoms with Crippen LogP contribution in [0.3, 0.4) is 0 Å². The summed E-state index contributed by atoms with van der Waals surface area (Å²) in [5.41, 5.74) is 5.51. The molecule has 1 aromatic heterocycles. The van der Waals surface area contributed by atoms with Crippen molar-refractivity contribution in [1.82, 2.24) is 4.90 Å². The number of aliphatic hydroxyl groups excluding tert-OH is 1. The number of hydrogen-bond acceptors (Lipinski definition) is 4. The molecule has 1 saturated heterocycles. The van der Waals surface area contributed by atoms with E-state index in [9.17, 15) is 10.1 Å². The van der Waals surface area contributed by atoms with Gasteiger partial charge >= 0.3 is 0 Å². The van der Waals surface area contributed by atoms with Gasteiger partial charge in [-0.2, -0.15) is 5.26 Å². The topological polar surface area (TPSA) is 98.3 Å². The Morgan fingerprint density at radius 2 is 1.87 bits per heavy atom. The molecule has 2 heterocycles. The van der Waals surface area contributed by atoms with Crippen LogP contribution in [0.15, 0.2) is 30.3 Å². The number of nitrogens with zero attached hydrogens (tertiary/aromatic N) is 3. The second-order valence-corrected chi connectivity index (χ2v) is 8.24. The molecule has 0 atom stereocenters. The zero-order chi connectivity index (χ0) is 21.6. The van der Waals surface area contributed by atoms with Crippen molar-refractivity contribution in [2.45, 2.75) is 25.7 Å². The number of rotatable bonds is 7. The second kappa shape index (κ2) is 9.90. The van der Waals surface area contributed by atoms with Crippen LogP contribution in [0.5, 0.6) is 0 Å². The standard InChI is InChI=1S/C24H29N5O2/c25-16-21-19-8-4-9-20(19)23(18-6-2-1-3-7-18)27-24(21)29-13-11-28(12-14-29)22(31)17-26-10-5-15-30/h1-3,6-7,26,30H,4-5,8-15,17H2/p+2. The first-order valence-electron chi connectivity index (χ1n) is 11.2. The molecule has 1 aromatic carbocycles. The van der Waals surface area contributed by atoms with Gasteiger partial charge < -0.3 is 15.3 Å². The molecule has 1 aliphatic heterocycles. The summed E-state index contributed by atoms with van der Waals surface area (Å²) in [6.07, 6.45) is 3.73. The van der Waals surface area contributed by atoms with E-state index in [2.05, 4.69) is 28.1 Å². The van der Waals surface area contributed by atoms with Gasteiger partial charge in [-0.3, -0.25) is 9.69 Å². The van der Waals surface area contributed by atoms with Crippen molar-refractivity contribution in [3.05, 3.63) is 47.0 Å². The summed E-state index contributed by atoms with van der Waals surface area (Å²) in [5.74, 6) is 1.03. The van der Waals surface area contributed by atoms with Gasteiger partial charge in [0.2, 0.25) is 0 Å². The number of nitrogens with one attached hydrogen (secondary N) is 1. The largest absolute Gasteiger partial charge is 0.396 e. The predicted octanol–water partition coefficient (Wildman–Crippen LogP) is 0.122. The Labute approximate surface area is 183 Å². The van der Waals surface area contributed by atoms with E-state index in [4.69, 9.17) is 5.11 Å². The lowest BCUT2D eigenvalue weighted by Gasteiger charge is -2.31. The number of quaternary nitrogens is 1. The number of hydrogen-bond donors (Lipinski definition) is 2. The average Bonchev–Trinajstić information content (AvgIpc) is 3.31. The number of carbonyl (C=O) groups is 1. The van der Waals surface area contributed by atoms with Gasteiger partial charge in [0.15, 0.2) is 6.54 Å². The summed E-state index contributed by atoms with van der Waals surface area (Å²) in [7, 11) is 0. The maximum Gasteiger partial charge on any atom is 0.293 e. The normalized spacial score (nSPS) is 15.6. The molecule has 0 saturated carbocycles. The van der Waals surface area contributed by atoms with E-state index >= 15 is 0 Å². The highest BCUT2D eigenvalue weighted by atomic mass is 16.3. The van der Waals surface area contributed by atoms with Crippen molar-refractivity contribution >= 4 is 11.7 Å². The average molecular weight is 422 g/mol. The molecule has 1 fully saturated rings. The van der Waals surface area contributed by atoms with Gasteiger partial charge in [0.05, 0.1) is 19.6 Å². The number of carbonyl (C=O) groups excluding carboxylic acids is 1. The summed E-state index contributed by atoms with van der Waals surface area (Å²) in [4.78, 5) is 20.2. The maximum atomic E-state index is 12.5. The Balaban J connectivity index is 1.53. The van der Waals surface area contributed by atoms with E-state index in [-0.39, 0.29) is 12.5 Å². The van der Waals surface area contributed by atoms with Crippen LogP contribution in [-0.2, 0) is 17.6 Å². The lowest BCUT2D eigenvalue weighted by molar-refractivity contribution is -0.645. The molecule has 1 amide bonds. The first kappa shape index (κ1) is 21.3. The smallest absolute Gasteiger partial charge is 0.293 e. The Morgan fingerprint density at radius 3 is 2.58 bits per heavy atom. The molecule has 1 aliphatic carbocycles. The van der Waals surface area contributed by atoms with Gasteiger partial charge in [-0.1, -0.05) is 30.3 Å². The highest BCUT2D eigenvalue weighted by molar-refractivity contribution is 5.77. The lowest BCUT2D eigenvalue weighted by atomic mass is 9.98. The third kappa shape index (κ3) is 4.55. The van der Waals surface area contributed by atoms with E-state index < -0.39 is 0 Å². The van der Waals surface area contributed by atoms with Gasteiger partial charge in [-0.15, -0.1) is 0 Å². The summed E-state index contributed by atoms with van der Waals surface area (Å²) in [6, 6.07) is 12.8. The van der Waals surface area contributed by atoms with Gasteiger partial charge in [0.1, 0.15) is 30.4 Å². The summed E-state index contributed by atoms with van der Waals surface area (Å²) in [5, 5.41) is 20.8. The summed E-state index contributed by atoms with van der Waals surface area (Å²) < 4.78 is 0. The highest BCUT2D eigenvalue weighted by Crippen LogP contribution is 2.35. The van der Waals surface area contributed by atoms with Crippen LogP contribution in [-0.4, -0.2) is 61.8 Å². The van der Waals surface area contributed by atoms with E-state index in [0.717, 1.165) is 48.4 Å². The van der Waals surface area contributed by atoms with Crippen LogP contribution in [0.2, 0.25) is 0 Å². The minimum Gasteiger partial charge on any atom is -0.396 e. The van der Waals surface area contributed by atoms with Crippen molar-refractivity contribution < 1.29 is 20.2 Å². The van der Waals surface area contributed by atoms with E-state index in [0.29, 0.717) is 39.1 Å². The Bertz CT molecular complexity index is 962. The highest BCUT2D eigenvalue weighted by Gasteiger charge is 2.33. The third-order valence-electron chi connectivity index (χ3n) is 6.31. The number of nitriles is 1. The van der Waals surface area contributed by atoms with Crippen molar-refractivity contribution in [1.29, 1.82) is 5.26 Å². The molecule has 0 radical (unpaired) electrons. The van der Waals surface area contributed by atoms with Crippen LogP contribution >= 0.6 is 0 Å². The number of benzene rings is 1. The molecule has 7 heteroatoms. The summed E-state index contributed by atoms with van der Waals surface area (Å²) in [6.45, 7) is 4.08. The molecular formula is C24H31N5O2+2. The van der Waals surface area contributed by atoms with Crippen LogP contribution < -0.4 is 15.2 Å². The fourth-order valence-corrected chi connectivity index (χ4v) is 4.67. The Hall–Kier alpha value is -2.95. The molecule has 162 valence electrons. The van der Waals surface area contributed by atoms with Crippen molar-refractivity contribution in [3.63, 3.8) is 0 Å². The number of nitrogens with two attached hydrogens (primary N) is 1. The molecular weight excluding hydrogens is 390 g/mol. The number of amides is 1. The molecule has 31 heavy (non-hydrogen) atoms. The number of aromatic amines is 1. The van der Waals surface area contributed by atoms with Crippen LogP contribution in [0.1, 0.15) is 29.5 Å². The molecule has 0 unspecified atom stereocenters. The molecule has 0 bridgehead atoms. The molecule has 4 N–H and O–H groups in total. The van der Waals surface area contributed by atoms with Crippen molar-refractivity contribution in [3.8, 4) is 17.3 Å². The van der Waals surface area contributed by atoms with Crippen LogP contribution in [0.4, 0.5) is 5.82 Å². The van der Waals surface area contributed by atoms with Crippen molar-refractivity contribution in [2.24, 2.45) is 0 Å². The summed E-state index contributed by atoms with van der Waals surface area (Å²) >= 11 is 0. The zero-order valence-corrected chi connectivity index (χ0v) is 17.9. The molecule has 2 aromatic rings. The van der Waals surface area contributed by atoms with E-state index in [1.165, 1.54) is 11.1 Å². The van der Waals surface area contributed by atoms with Crippen LogP contribution in [0.25, 0.3) is 11.3 Å². The quantitative estimate of drug-likeness (QED) is 0.621. The van der Waals surface area contributed by atoms with E-state index in [1.807, 2.05) is 28.4 Å². The fourth-order valence-electron chi connectivity index (χ4n) is 4.67.